The van der Waals surface area contributed by atoms with E-state index in [4.69, 9.17) is 21.9 Å². The molecule has 1 fully saturated rings. The van der Waals surface area contributed by atoms with Gasteiger partial charge in [0.2, 0.25) is 0 Å². The second-order valence-corrected chi connectivity index (χ2v) is 4.12. The lowest BCUT2D eigenvalue weighted by Crippen LogP contribution is -2.33. The van der Waals surface area contributed by atoms with E-state index in [0.29, 0.717) is 0 Å². The molecule has 82 valence electrons. The van der Waals surface area contributed by atoms with Crippen LogP contribution in [0.4, 0.5) is 5.69 Å². The van der Waals surface area contributed by atoms with Gasteiger partial charge in [-0.05, 0) is 30.7 Å². The third-order valence-corrected chi connectivity index (χ3v) is 2.76. The second-order valence-electron chi connectivity index (χ2n) is 4.12. The first-order chi connectivity index (χ1) is 7.15. The Morgan fingerprint density at radius 3 is 2.27 bits per heavy atom. The van der Waals surface area contributed by atoms with Crippen molar-refractivity contribution in [1.82, 2.24) is 0 Å². The average molecular weight is 207 g/mol. The van der Waals surface area contributed by atoms with Crippen molar-refractivity contribution in [2.75, 3.05) is 5.73 Å². The molecule has 1 aromatic rings. The van der Waals surface area contributed by atoms with E-state index >= 15 is 0 Å². The molecule has 0 aliphatic heterocycles. The van der Waals surface area contributed by atoms with Gasteiger partial charge < -0.3 is 21.9 Å². The van der Waals surface area contributed by atoms with Gasteiger partial charge in [-0.2, -0.15) is 0 Å². The van der Waals surface area contributed by atoms with Gasteiger partial charge in [0, 0.05) is 24.2 Å². The third kappa shape index (κ3) is 2.40. The second kappa shape index (κ2) is 4.08. The van der Waals surface area contributed by atoms with Gasteiger partial charge in [-0.3, -0.25) is 0 Å². The van der Waals surface area contributed by atoms with Crippen molar-refractivity contribution in [1.29, 1.82) is 0 Å². The molecule has 1 aliphatic carbocycles. The van der Waals surface area contributed by atoms with Crippen LogP contribution in [0, 0.1) is 0 Å². The van der Waals surface area contributed by atoms with Crippen molar-refractivity contribution < 1.29 is 4.74 Å². The monoisotopic (exact) mass is 207 g/mol. The fourth-order valence-electron chi connectivity index (χ4n) is 1.93. The first-order valence-electron chi connectivity index (χ1n) is 5.18. The fraction of sp³-hybridized carbons (Fsp3) is 0.455. The summed E-state index contributed by atoms with van der Waals surface area (Å²) in [5.41, 5.74) is 18.0. The van der Waals surface area contributed by atoms with Crippen LogP contribution in [0.5, 0.6) is 5.75 Å². The Morgan fingerprint density at radius 2 is 1.73 bits per heavy atom. The highest BCUT2D eigenvalue weighted by atomic mass is 16.5. The Hall–Kier alpha value is -1.26. The average Bonchev–Trinajstić information content (AvgIpc) is 2.49. The number of rotatable bonds is 2. The van der Waals surface area contributed by atoms with Crippen molar-refractivity contribution in [3.8, 4) is 5.75 Å². The highest BCUT2D eigenvalue weighted by Crippen LogP contribution is 2.23. The zero-order valence-corrected chi connectivity index (χ0v) is 8.60. The van der Waals surface area contributed by atoms with Crippen molar-refractivity contribution in [2.24, 2.45) is 11.5 Å². The van der Waals surface area contributed by atoms with Crippen molar-refractivity contribution >= 4 is 5.69 Å². The zero-order valence-electron chi connectivity index (χ0n) is 8.60. The quantitative estimate of drug-likeness (QED) is 0.615. The molecule has 1 saturated carbocycles. The van der Waals surface area contributed by atoms with E-state index < -0.39 is 0 Å². The summed E-state index contributed by atoms with van der Waals surface area (Å²) in [6.45, 7) is 0. The van der Waals surface area contributed by atoms with E-state index in [1.54, 1.807) is 0 Å². The predicted octanol–water partition coefficient (Wildman–Crippen LogP) is 0.465. The van der Waals surface area contributed by atoms with Crippen LogP contribution >= 0.6 is 0 Å². The lowest BCUT2D eigenvalue weighted by Gasteiger charge is -2.17. The number of anilines is 1. The molecule has 2 rings (SSSR count). The van der Waals surface area contributed by atoms with Gasteiger partial charge in [-0.15, -0.1) is 0 Å². The Morgan fingerprint density at radius 1 is 1.07 bits per heavy atom. The minimum Gasteiger partial charge on any atom is -0.489 e. The zero-order chi connectivity index (χ0) is 10.8. The minimum absolute atomic E-state index is 0.0311. The van der Waals surface area contributed by atoms with Gasteiger partial charge in [0.25, 0.3) is 0 Å². The lowest BCUT2D eigenvalue weighted by atomic mass is 10.2. The topological polar surface area (TPSA) is 87.3 Å². The summed E-state index contributed by atoms with van der Waals surface area (Å²) < 4.78 is 5.75. The number of benzene rings is 1. The van der Waals surface area contributed by atoms with E-state index in [2.05, 4.69) is 0 Å². The van der Waals surface area contributed by atoms with Gasteiger partial charge in [-0.1, -0.05) is 0 Å². The van der Waals surface area contributed by atoms with Crippen LogP contribution < -0.4 is 21.9 Å². The van der Waals surface area contributed by atoms with Gasteiger partial charge >= 0.3 is 0 Å². The van der Waals surface area contributed by atoms with Crippen LogP contribution in [0.15, 0.2) is 24.3 Å². The van der Waals surface area contributed by atoms with E-state index in [-0.39, 0.29) is 18.2 Å². The Kier molecular flexibility index (Phi) is 2.79. The molecule has 4 heteroatoms. The number of hydrogen-bond acceptors (Lipinski definition) is 4. The molecule has 0 saturated heterocycles. The molecule has 0 radical (unpaired) electrons. The van der Waals surface area contributed by atoms with Crippen LogP contribution in [0.3, 0.4) is 0 Å². The molecule has 0 aromatic heterocycles. The summed E-state index contributed by atoms with van der Waals surface area (Å²) in [7, 11) is 0. The smallest absolute Gasteiger partial charge is 0.119 e. The molecule has 1 aromatic carbocycles. The van der Waals surface area contributed by atoms with E-state index in [0.717, 1.165) is 24.3 Å². The molecule has 6 N–H and O–H groups in total. The lowest BCUT2D eigenvalue weighted by molar-refractivity contribution is 0.190. The maximum Gasteiger partial charge on any atom is 0.119 e. The van der Waals surface area contributed by atoms with Crippen molar-refractivity contribution in [2.45, 2.75) is 31.0 Å². The normalized spacial score (nSPS) is 30.4. The molecule has 0 heterocycles. The molecule has 1 aliphatic rings. The number of hydrogen-bond donors (Lipinski definition) is 3. The molecule has 15 heavy (non-hydrogen) atoms. The molecule has 0 spiro atoms. The molecule has 0 bridgehead atoms. The SMILES string of the molecule is Nc1ccc(O[C@H]2C[C@H](N)C[C@@H]2N)cc1. The van der Waals surface area contributed by atoms with Crippen molar-refractivity contribution in [3.05, 3.63) is 24.3 Å². The van der Waals surface area contributed by atoms with Gasteiger partial charge in [-0.25, -0.2) is 0 Å². The summed E-state index contributed by atoms with van der Waals surface area (Å²) in [4.78, 5) is 0. The standard InChI is InChI=1S/C11H17N3O/c12-7-1-3-9(4-2-7)15-11-6-8(13)5-10(11)14/h1-4,8,10-11H,5-6,12-14H2/t8-,10+,11+/m1/s1. The maximum atomic E-state index is 5.92. The first-order valence-corrected chi connectivity index (χ1v) is 5.18. The number of nitrogens with two attached hydrogens (primary N) is 3. The summed E-state index contributed by atoms with van der Waals surface area (Å²) in [5, 5.41) is 0. The van der Waals surface area contributed by atoms with Gasteiger partial charge in [0.1, 0.15) is 11.9 Å². The largest absolute Gasteiger partial charge is 0.489 e. The van der Waals surface area contributed by atoms with E-state index in [1.165, 1.54) is 0 Å². The van der Waals surface area contributed by atoms with Crippen LogP contribution in [0.25, 0.3) is 0 Å². The highest BCUT2D eigenvalue weighted by molar-refractivity contribution is 5.41. The first kappa shape index (κ1) is 10.3. The molecule has 0 unspecified atom stereocenters. The fourth-order valence-corrected chi connectivity index (χ4v) is 1.93. The summed E-state index contributed by atoms with van der Waals surface area (Å²) in [6, 6.07) is 7.54. The molecular weight excluding hydrogens is 190 g/mol. The molecule has 3 atom stereocenters. The van der Waals surface area contributed by atoms with Crippen LogP contribution in [-0.2, 0) is 0 Å². The molecular formula is C11H17N3O. The minimum atomic E-state index is 0.0311. The summed E-state index contributed by atoms with van der Waals surface area (Å²) in [5.74, 6) is 0.804. The Balaban J connectivity index is 2.00. The predicted molar refractivity (Wildman–Crippen MR) is 60.5 cm³/mol. The van der Waals surface area contributed by atoms with Gasteiger partial charge in [0.15, 0.2) is 0 Å². The van der Waals surface area contributed by atoms with Gasteiger partial charge in [0.05, 0.1) is 0 Å². The van der Waals surface area contributed by atoms with Crippen molar-refractivity contribution in [3.63, 3.8) is 0 Å². The molecule has 0 amide bonds. The Bertz CT molecular complexity index is 325. The van der Waals surface area contributed by atoms with Crippen LogP contribution in [-0.4, -0.2) is 18.2 Å². The molecule has 4 nitrogen and oxygen atoms in total. The van der Waals surface area contributed by atoms with Crippen LogP contribution in [0.2, 0.25) is 0 Å². The van der Waals surface area contributed by atoms with E-state index in [1.807, 2.05) is 24.3 Å². The summed E-state index contributed by atoms with van der Waals surface area (Å²) >= 11 is 0. The Labute approximate surface area is 89.4 Å². The summed E-state index contributed by atoms with van der Waals surface area (Å²) in [6.07, 6.45) is 1.69. The van der Waals surface area contributed by atoms with E-state index in [9.17, 15) is 0 Å². The number of ether oxygens (including phenoxy) is 1. The highest BCUT2D eigenvalue weighted by Gasteiger charge is 2.31. The maximum absolute atomic E-state index is 5.92. The van der Waals surface area contributed by atoms with Crippen LogP contribution in [0.1, 0.15) is 12.8 Å². The third-order valence-electron chi connectivity index (χ3n) is 2.76. The number of nitrogen functional groups attached to an aromatic ring is 1.